The molecule has 0 spiro atoms. The van der Waals surface area contributed by atoms with Crippen LogP contribution in [0.3, 0.4) is 0 Å². The summed E-state index contributed by atoms with van der Waals surface area (Å²) in [6.07, 6.45) is 11.1. The van der Waals surface area contributed by atoms with Crippen molar-refractivity contribution in [2.24, 2.45) is 0 Å². The van der Waals surface area contributed by atoms with Gasteiger partial charge in [0, 0.05) is 12.2 Å². The standard InChI is InChI=1S/C28H33FO2/c1-3-4-8-17-31-21(2)9-6-5-7-10-22-11-16-27(28(29)18-22)25-13-12-24-20-26(30)15-14-23(24)19-25/h7,10-16,18-21,30H,3-6,8-9,17H2,1-2H3. The Morgan fingerprint density at radius 1 is 0.968 bits per heavy atom. The van der Waals surface area contributed by atoms with E-state index in [1.165, 1.54) is 12.8 Å². The molecular formula is C28H33FO2. The van der Waals surface area contributed by atoms with E-state index in [1.807, 2.05) is 42.5 Å². The average Bonchev–Trinajstić information content (AvgIpc) is 2.76. The van der Waals surface area contributed by atoms with Crippen molar-refractivity contribution < 1.29 is 14.2 Å². The number of allylic oxidation sites excluding steroid dienone is 1. The van der Waals surface area contributed by atoms with Gasteiger partial charge < -0.3 is 9.84 Å². The van der Waals surface area contributed by atoms with Crippen LogP contribution in [0.15, 0.2) is 60.7 Å². The third kappa shape index (κ3) is 6.93. The van der Waals surface area contributed by atoms with Crippen LogP contribution < -0.4 is 0 Å². The molecule has 1 N–H and O–H groups in total. The molecule has 0 aromatic heterocycles. The molecule has 1 atom stereocenters. The van der Waals surface area contributed by atoms with Crippen LogP contribution in [0.25, 0.3) is 28.0 Å². The van der Waals surface area contributed by atoms with Crippen molar-refractivity contribution >= 4 is 16.8 Å². The van der Waals surface area contributed by atoms with Gasteiger partial charge in [-0.05, 0) is 78.8 Å². The Kier molecular flexibility index (Phi) is 8.66. The zero-order chi connectivity index (χ0) is 22.1. The molecule has 31 heavy (non-hydrogen) atoms. The molecule has 164 valence electrons. The Bertz CT molecular complexity index is 1010. The molecule has 3 aromatic rings. The van der Waals surface area contributed by atoms with Gasteiger partial charge in [0.15, 0.2) is 0 Å². The highest BCUT2D eigenvalue weighted by Crippen LogP contribution is 2.29. The first-order valence-corrected chi connectivity index (χ1v) is 11.4. The number of phenolic OH excluding ortho intramolecular Hbond substituents is 1. The van der Waals surface area contributed by atoms with Gasteiger partial charge in [-0.25, -0.2) is 4.39 Å². The zero-order valence-corrected chi connectivity index (χ0v) is 18.6. The molecule has 2 nitrogen and oxygen atoms in total. The van der Waals surface area contributed by atoms with E-state index in [1.54, 1.807) is 18.2 Å². The van der Waals surface area contributed by atoms with Crippen LogP contribution in [0.2, 0.25) is 0 Å². The maximum atomic E-state index is 14.8. The van der Waals surface area contributed by atoms with Crippen molar-refractivity contribution in [2.75, 3.05) is 6.61 Å². The second-order valence-corrected chi connectivity index (χ2v) is 8.21. The fourth-order valence-corrected chi connectivity index (χ4v) is 3.73. The second kappa shape index (κ2) is 11.7. The quantitative estimate of drug-likeness (QED) is 0.317. The van der Waals surface area contributed by atoms with Gasteiger partial charge >= 0.3 is 0 Å². The Labute approximate surface area is 185 Å². The number of benzene rings is 3. The van der Waals surface area contributed by atoms with Crippen LogP contribution in [0.5, 0.6) is 5.75 Å². The molecule has 0 amide bonds. The Morgan fingerprint density at radius 3 is 2.58 bits per heavy atom. The van der Waals surface area contributed by atoms with Gasteiger partial charge in [0.05, 0.1) is 6.10 Å². The minimum absolute atomic E-state index is 0.227. The first kappa shape index (κ1) is 23.0. The van der Waals surface area contributed by atoms with Gasteiger partial charge in [-0.2, -0.15) is 0 Å². The molecule has 0 saturated heterocycles. The highest BCUT2D eigenvalue weighted by molar-refractivity contribution is 5.88. The first-order valence-electron chi connectivity index (χ1n) is 11.4. The van der Waals surface area contributed by atoms with Crippen molar-refractivity contribution in [3.63, 3.8) is 0 Å². The van der Waals surface area contributed by atoms with Gasteiger partial charge in [-0.3, -0.25) is 0 Å². The van der Waals surface area contributed by atoms with Crippen molar-refractivity contribution in [3.05, 3.63) is 72.1 Å². The molecule has 0 aliphatic rings. The highest BCUT2D eigenvalue weighted by atomic mass is 19.1. The monoisotopic (exact) mass is 420 g/mol. The molecule has 3 heteroatoms. The lowest BCUT2D eigenvalue weighted by Crippen LogP contribution is -2.08. The molecule has 0 heterocycles. The Morgan fingerprint density at radius 2 is 1.77 bits per heavy atom. The predicted octanol–water partition coefficient (Wildman–Crippen LogP) is 8.13. The van der Waals surface area contributed by atoms with E-state index in [-0.39, 0.29) is 11.6 Å². The summed E-state index contributed by atoms with van der Waals surface area (Å²) in [6, 6.07) is 16.3. The number of unbranched alkanes of at least 4 members (excludes halogenated alkanes) is 3. The Balaban J connectivity index is 1.53. The minimum atomic E-state index is -0.227. The largest absolute Gasteiger partial charge is 0.508 e. The summed E-state index contributed by atoms with van der Waals surface area (Å²) in [6.45, 7) is 5.20. The number of fused-ring (bicyclic) bond motifs is 1. The lowest BCUT2D eigenvalue weighted by Gasteiger charge is -2.12. The SMILES string of the molecule is CCCCCOC(C)CCCC=Cc1ccc(-c2ccc3cc(O)ccc3c2)c(F)c1. The third-order valence-electron chi connectivity index (χ3n) is 5.57. The van der Waals surface area contributed by atoms with Crippen LogP contribution in [0.1, 0.15) is 57.9 Å². The van der Waals surface area contributed by atoms with Crippen molar-refractivity contribution in [2.45, 2.75) is 58.5 Å². The van der Waals surface area contributed by atoms with Crippen molar-refractivity contribution in [1.29, 1.82) is 0 Å². The number of hydrogen-bond donors (Lipinski definition) is 1. The lowest BCUT2D eigenvalue weighted by atomic mass is 9.99. The van der Waals surface area contributed by atoms with E-state index in [4.69, 9.17) is 4.74 Å². The average molecular weight is 421 g/mol. The Hall–Kier alpha value is -2.65. The van der Waals surface area contributed by atoms with E-state index < -0.39 is 0 Å². The van der Waals surface area contributed by atoms with Crippen LogP contribution in [-0.4, -0.2) is 17.8 Å². The van der Waals surface area contributed by atoms with E-state index in [0.29, 0.717) is 11.7 Å². The van der Waals surface area contributed by atoms with Gasteiger partial charge in [-0.15, -0.1) is 0 Å². The molecular weight excluding hydrogens is 387 g/mol. The normalized spacial score (nSPS) is 12.6. The number of halogens is 1. The van der Waals surface area contributed by atoms with Gasteiger partial charge in [0.2, 0.25) is 0 Å². The lowest BCUT2D eigenvalue weighted by molar-refractivity contribution is 0.0566. The number of phenols is 1. The summed E-state index contributed by atoms with van der Waals surface area (Å²) in [5.41, 5.74) is 2.29. The number of ether oxygens (including phenoxy) is 1. The molecule has 0 radical (unpaired) electrons. The van der Waals surface area contributed by atoms with Gasteiger partial charge in [-0.1, -0.05) is 62.2 Å². The molecule has 0 saturated carbocycles. The third-order valence-corrected chi connectivity index (χ3v) is 5.57. The smallest absolute Gasteiger partial charge is 0.131 e. The predicted molar refractivity (Wildman–Crippen MR) is 129 cm³/mol. The summed E-state index contributed by atoms with van der Waals surface area (Å²) in [5.74, 6) is 0.00547. The van der Waals surface area contributed by atoms with E-state index in [9.17, 15) is 9.50 Å². The highest BCUT2D eigenvalue weighted by Gasteiger charge is 2.07. The van der Waals surface area contributed by atoms with Crippen LogP contribution in [0, 0.1) is 5.82 Å². The van der Waals surface area contributed by atoms with Crippen LogP contribution in [0.4, 0.5) is 4.39 Å². The summed E-state index contributed by atoms with van der Waals surface area (Å²) in [7, 11) is 0. The van der Waals surface area contributed by atoms with Crippen molar-refractivity contribution in [3.8, 4) is 16.9 Å². The van der Waals surface area contributed by atoms with Crippen LogP contribution >= 0.6 is 0 Å². The maximum Gasteiger partial charge on any atom is 0.131 e. The van der Waals surface area contributed by atoms with Gasteiger partial charge in [0.25, 0.3) is 0 Å². The number of hydrogen-bond acceptors (Lipinski definition) is 2. The minimum Gasteiger partial charge on any atom is -0.508 e. The summed E-state index contributed by atoms with van der Waals surface area (Å²) in [5, 5.41) is 11.5. The molecule has 0 bridgehead atoms. The topological polar surface area (TPSA) is 29.5 Å². The molecule has 3 aromatic carbocycles. The van der Waals surface area contributed by atoms with E-state index in [2.05, 4.69) is 19.9 Å². The second-order valence-electron chi connectivity index (χ2n) is 8.21. The van der Waals surface area contributed by atoms with E-state index >= 15 is 0 Å². The first-order chi connectivity index (χ1) is 15.1. The molecule has 1 unspecified atom stereocenters. The fourth-order valence-electron chi connectivity index (χ4n) is 3.73. The molecule has 3 rings (SSSR count). The molecule has 0 fully saturated rings. The fraction of sp³-hybridized carbons (Fsp3) is 0.357. The maximum absolute atomic E-state index is 14.8. The number of rotatable bonds is 11. The van der Waals surface area contributed by atoms with Gasteiger partial charge in [0.1, 0.15) is 11.6 Å². The van der Waals surface area contributed by atoms with E-state index in [0.717, 1.165) is 54.2 Å². The summed E-state index contributed by atoms with van der Waals surface area (Å²) in [4.78, 5) is 0. The van der Waals surface area contributed by atoms with Crippen LogP contribution in [-0.2, 0) is 4.74 Å². The molecule has 0 aliphatic heterocycles. The summed E-state index contributed by atoms with van der Waals surface area (Å²) >= 11 is 0. The number of aromatic hydroxyl groups is 1. The summed E-state index contributed by atoms with van der Waals surface area (Å²) < 4.78 is 20.6. The van der Waals surface area contributed by atoms with Crippen molar-refractivity contribution in [1.82, 2.24) is 0 Å². The zero-order valence-electron chi connectivity index (χ0n) is 18.6. The molecule has 0 aliphatic carbocycles.